The Kier molecular flexibility index (Phi) is 4.80. The molecule has 1 aliphatic heterocycles. The Hall–Kier alpha value is -1.69. The number of nitrogens with one attached hydrogen (secondary N) is 1. The summed E-state index contributed by atoms with van der Waals surface area (Å²) < 4.78 is 11.4. The molecule has 0 bridgehead atoms. The normalized spacial score (nSPS) is 20.1. The third-order valence-electron chi connectivity index (χ3n) is 4.51. The van der Waals surface area contributed by atoms with E-state index in [0.29, 0.717) is 18.7 Å². The van der Waals surface area contributed by atoms with E-state index in [4.69, 9.17) is 0 Å². The first kappa shape index (κ1) is 16.2. The number of likely N-dealkylation sites (tertiary alicyclic amines) is 1. The van der Waals surface area contributed by atoms with Crippen molar-refractivity contribution in [3.8, 4) is 0 Å². The molecule has 1 atom stereocenters. The Morgan fingerprint density at radius 2 is 1.70 bits per heavy atom. The Bertz CT molecular complexity index is 617. The Labute approximate surface area is 138 Å². The molecule has 1 N–H and O–H groups in total. The van der Waals surface area contributed by atoms with Gasteiger partial charge in [0.15, 0.2) is 0 Å². The van der Waals surface area contributed by atoms with E-state index in [0.717, 1.165) is 30.6 Å². The highest BCUT2D eigenvalue weighted by Gasteiger charge is 2.32. The maximum absolute atomic E-state index is 12.5. The summed E-state index contributed by atoms with van der Waals surface area (Å²) in [6, 6.07) is 7.15. The third kappa shape index (κ3) is 3.99. The molecule has 2 aliphatic rings. The van der Waals surface area contributed by atoms with Crippen LogP contribution in [0.5, 0.6) is 0 Å². The summed E-state index contributed by atoms with van der Waals surface area (Å²) in [5.41, 5.74) is 0.625. The van der Waals surface area contributed by atoms with Crippen LogP contribution in [0.15, 0.2) is 29.2 Å². The smallest absolute Gasteiger partial charge is 0.253 e. The lowest BCUT2D eigenvalue weighted by atomic mass is 10.0. The Morgan fingerprint density at radius 1 is 1.09 bits per heavy atom. The van der Waals surface area contributed by atoms with Gasteiger partial charge in [-0.1, -0.05) is 0 Å². The van der Waals surface area contributed by atoms with Gasteiger partial charge in [0, 0.05) is 52.6 Å². The highest BCUT2D eigenvalue weighted by Crippen LogP contribution is 2.29. The molecule has 124 valence electrons. The minimum absolute atomic E-state index is 0.00500. The molecule has 1 heterocycles. The summed E-state index contributed by atoms with van der Waals surface area (Å²) >= 11 is 0. The van der Waals surface area contributed by atoms with Gasteiger partial charge in [0.1, 0.15) is 0 Å². The number of amides is 2. The molecule has 2 amide bonds. The van der Waals surface area contributed by atoms with Crippen molar-refractivity contribution in [1.82, 2.24) is 10.2 Å². The molecule has 5 nitrogen and oxygen atoms in total. The summed E-state index contributed by atoms with van der Waals surface area (Å²) in [7, 11) is -1.03. The van der Waals surface area contributed by atoms with Crippen LogP contribution in [0.25, 0.3) is 0 Å². The zero-order valence-corrected chi connectivity index (χ0v) is 14.1. The van der Waals surface area contributed by atoms with Crippen LogP contribution in [0, 0.1) is 5.92 Å². The van der Waals surface area contributed by atoms with Gasteiger partial charge in [-0.15, -0.1) is 0 Å². The molecule has 1 saturated carbocycles. The summed E-state index contributed by atoms with van der Waals surface area (Å²) in [6.07, 6.45) is 5.27. The highest BCUT2D eigenvalue weighted by molar-refractivity contribution is 7.84. The molecule has 3 rings (SSSR count). The molecule has 1 aromatic carbocycles. The van der Waals surface area contributed by atoms with Gasteiger partial charge in [0.05, 0.1) is 0 Å². The minimum atomic E-state index is -1.03. The standard InChI is InChI=1S/C17H22N2O3S/c1-23(22)15-6-4-13(5-7-15)17(21)19-10-8-14(9-11-19)18-16(20)12-2-3-12/h4-7,12,14H,2-3,8-11H2,1H3,(H,18,20). The molecule has 0 radical (unpaired) electrons. The number of nitrogens with zero attached hydrogens (tertiary/aromatic N) is 1. The molecule has 6 heteroatoms. The van der Waals surface area contributed by atoms with Crippen molar-refractivity contribution in [2.24, 2.45) is 5.92 Å². The molecule has 2 fully saturated rings. The minimum Gasteiger partial charge on any atom is -0.353 e. The van der Waals surface area contributed by atoms with Gasteiger partial charge in [-0.2, -0.15) is 0 Å². The van der Waals surface area contributed by atoms with Crippen molar-refractivity contribution in [2.45, 2.75) is 36.6 Å². The number of carbonyl (C=O) groups excluding carboxylic acids is 2. The summed E-state index contributed by atoms with van der Waals surface area (Å²) in [5.74, 6) is 0.417. The first-order valence-corrected chi connectivity index (χ1v) is 9.63. The lowest BCUT2D eigenvalue weighted by Crippen LogP contribution is -2.46. The van der Waals surface area contributed by atoms with E-state index in [1.807, 2.05) is 4.90 Å². The fourth-order valence-electron chi connectivity index (χ4n) is 2.86. The van der Waals surface area contributed by atoms with Crippen LogP contribution in [0.4, 0.5) is 0 Å². The van der Waals surface area contributed by atoms with E-state index in [1.54, 1.807) is 30.5 Å². The number of piperidine rings is 1. The maximum Gasteiger partial charge on any atom is 0.253 e. The fourth-order valence-corrected chi connectivity index (χ4v) is 3.38. The largest absolute Gasteiger partial charge is 0.353 e. The van der Waals surface area contributed by atoms with Crippen LogP contribution >= 0.6 is 0 Å². The maximum atomic E-state index is 12.5. The number of hydrogen-bond donors (Lipinski definition) is 1. The number of hydrogen-bond acceptors (Lipinski definition) is 3. The number of carbonyl (C=O) groups is 2. The summed E-state index contributed by atoms with van der Waals surface area (Å²) in [6.45, 7) is 1.33. The average molecular weight is 334 g/mol. The molecule has 0 aromatic heterocycles. The van der Waals surface area contributed by atoms with Crippen molar-refractivity contribution in [3.63, 3.8) is 0 Å². The molecule has 1 aliphatic carbocycles. The van der Waals surface area contributed by atoms with Crippen LogP contribution in [0.2, 0.25) is 0 Å². The van der Waals surface area contributed by atoms with Crippen LogP contribution in [0.1, 0.15) is 36.0 Å². The number of rotatable bonds is 4. The highest BCUT2D eigenvalue weighted by atomic mass is 32.2. The van der Waals surface area contributed by atoms with E-state index in [2.05, 4.69) is 5.32 Å². The molecule has 1 aromatic rings. The van der Waals surface area contributed by atoms with Gasteiger partial charge in [0.25, 0.3) is 5.91 Å². The molecular formula is C17H22N2O3S. The fraction of sp³-hybridized carbons (Fsp3) is 0.529. The molecular weight excluding hydrogens is 312 g/mol. The van der Waals surface area contributed by atoms with Crippen LogP contribution in [-0.4, -0.2) is 46.3 Å². The summed E-state index contributed by atoms with van der Waals surface area (Å²) in [4.78, 5) is 26.8. The lowest BCUT2D eigenvalue weighted by Gasteiger charge is -2.32. The quantitative estimate of drug-likeness (QED) is 0.908. The van der Waals surface area contributed by atoms with Gasteiger partial charge in [-0.3, -0.25) is 13.8 Å². The second-order valence-corrected chi connectivity index (χ2v) is 7.71. The summed E-state index contributed by atoms with van der Waals surface area (Å²) in [5, 5.41) is 3.09. The van der Waals surface area contributed by atoms with Gasteiger partial charge in [-0.25, -0.2) is 0 Å². The van der Waals surface area contributed by atoms with Crippen molar-refractivity contribution in [2.75, 3.05) is 19.3 Å². The zero-order valence-electron chi connectivity index (χ0n) is 13.3. The van der Waals surface area contributed by atoms with Crippen LogP contribution in [-0.2, 0) is 15.6 Å². The molecule has 23 heavy (non-hydrogen) atoms. The second-order valence-electron chi connectivity index (χ2n) is 6.33. The van der Waals surface area contributed by atoms with Gasteiger partial charge in [-0.05, 0) is 49.9 Å². The zero-order chi connectivity index (χ0) is 16.4. The third-order valence-corrected chi connectivity index (χ3v) is 5.45. The Balaban J connectivity index is 1.53. The van der Waals surface area contributed by atoms with Gasteiger partial charge >= 0.3 is 0 Å². The van der Waals surface area contributed by atoms with Crippen molar-refractivity contribution >= 4 is 22.6 Å². The van der Waals surface area contributed by atoms with Crippen molar-refractivity contribution in [3.05, 3.63) is 29.8 Å². The van der Waals surface area contributed by atoms with E-state index in [1.165, 1.54) is 0 Å². The van der Waals surface area contributed by atoms with E-state index >= 15 is 0 Å². The van der Waals surface area contributed by atoms with E-state index in [9.17, 15) is 13.8 Å². The average Bonchev–Trinajstić information content (AvgIpc) is 3.40. The monoisotopic (exact) mass is 334 g/mol. The predicted molar refractivity (Wildman–Crippen MR) is 88.6 cm³/mol. The van der Waals surface area contributed by atoms with E-state index in [-0.39, 0.29) is 23.8 Å². The SMILES string of the molecule is CS(=O)c1ccc(C(=O)N2CCC(NC(=O)C3CC3)CC2)cc1. The first-order chi connectivity index (χ1) is 11.0. The Morgan fingerprint density at radius 3 is 2.22 bits per heavy atom. The van der Waals surface area contributed by atoms with Crippen molar-refractivity contribution < 1.29 is 13.8 Å². The van der Waals surface area contributed by atoms with Crippen LogP contribution in [0.3, 0.4) is 0 Å². The van der Waals surface area contributed by atoms with E-state index < -0.39 is 10.8 Å². The topological polar surface area (TPSA) is 66.5 Å². The molecule has 1 unspecified atom stereocenters. The first-order valence-electron chi connectivity index (χ1n) is 8.08. The van der Waals surface area contributed by atoms with Crippen molar-refractivity contribution in [1.29, 1.82) is 0 Å². The van der Waals surface area contributed by atoms with Crippen LogP contribution < -0.4 is 5.32 Å². The second kappa shape index (κ2) is 6.83. The lowest BCUT2D eigenvalue weighted by molar-refractivity contribution is -0.123. The number of benzene rings is 1. The van der Waals surface area contributed by atoms with Gasteiger partial charge in [0.2, 0.25) is 5.91 Å². The molecule has 1 saturated heterocycles. The van der Waals surface area contributed by atoms with Gasteiger partial charge < -0.3 is 10.2 Å². The predicted octanol–water partition coefficient (Wildman–Crippen LogP) is 1.55. The molecule has 0 spiro atoms.